The number of aromatic nitrogens is 4. The summed E-state index contributed by atoms with van der Waals surface area (Å²) < 4.78 is 5.00. The van der Waals surface area contributed by atoms with Crippen LogP contribution in [0.1, 0.15) is 60.0 Å². The van der Waals surface area contributed by atoms with Gasteiger partial charge in [0.1, 0.15) is 28.8 Å². The van der Waals surface area contributed by atoms with Gasteiger partial charge in [-0.2, -0.15) is 5.10 Å². The molecule has 5 rings (SSSR count). The van der Waals surface area contributed by atoms with Crippen LogP contribution in [0, 0.1) is 31.6 Å². The highest BCUT2D eigenvalue weighted by Crippen LogP contribution is 2.51. The van der Waals surface area contributed by atoms with E-state index in [1.54, 1.807) is 6.07 Å². The fraction of sp³-hybridized carbons (Fsp3) is 0.480. The molecule has 10 heteroatoms. The van der Waals surface area contributed by atoms with Crippen LogP contribution >= 0.6 is 11.6 Å². The number of carbonyl (C=O) groups excluding carboxylic acids is 2. The van der Waals surface area contributed by atoms with Gasteiger partial charge in [0.25, 0.3) is 5.91 Å². The van der Waals surface area contributed by atoms with Crippen molar-refractivity contribution in [1.82, 2.24) is 25.7 Å². The standard InChI is InChI=1S/C25H29ClN6O3/c1-4-18-17(11-35-32-18)24(33)29-22(21(14-5-6-14)15-7-8-15)25(34)28-19-10-9-16(23(26)27-19)20-12(2)30-31-13(20)3/h9-11,14-15,21-22H,4-8H2,1-3H3,(H,29,33)(H,30,31)(H,27,28,34)/t22-/m0/s1. The van der Waals surface area contributed by atoms with E-state index in [4.69, 9.17) is 16.1 Å². The number of hydrogen-bond acceptors (Lipinski definition) is 6. The van der Waals surface area contributed by atoms with E-state index in [0.717, 1.165) is 48.2 Å². The first-order valence-corrected chi connectivity index (χ1v) is 12.5. The first kappa shape index (κ1) is 23.5. The van der Waals surface area contributed by atoms with Crippen molar-refractivity contribution in [3.63, 3.8) is 0 Å². The minimum Gasteiger partial charge on any atom is -0.364 e. The lowest BCUT2D eigenvalue weighted by Gasteiger charge is -2.27. The van der Waals surface area contributed by atoms with Crippen LogP contribution in [0.5, 0.6) is 0 Å². The monoisotopic (exact) mass is 496 g/mol. The van der Waals surface area contributed by atoms with Crippen LogP contribution in [0.25, 0.3) is 11.1 Å². The lowest BCUT2D eigenvalue weighted by molar-refractivity contribution is -0.119. The quantitative estimate of drug-likeness (QED) is 0.375. The summed E-state index contributed by atoms with van der Waals surface area (Å²) in [4.78, 5) is 31.1. The fourth-order valence-electron chi connectivity index (χ4n) is 4.99. The predicted octanol–water partition coefficient (Wildman–Crippen LogP) is 4.47. The number of anilines is 1. The predicted molar refractivity (Wildman–Crippen MR) is 131 cm³/mol. The van der Waals surface area contributed by atoms with Crippen molar-refractivity contribution >= 4 is 29.2 Å². The number of amides is 2. The minimum absolute atomic E-state index is 0.0925. The normalized spacial score (nSPS) is 16.4. The SMILES string of the molecule is CCc1nocc1C(=O)N[C@H](C(=O)Nc1ccc(-c2c(C)n[nH]c2C)c(Cl)n1)C(C1CC1)C1CC1. The maximum Gasteiger partial charge on any atom is 0.257 e. The summed E-state index contributed by atoms with van der Waals surface area (Å²) in [6.07, 6.45) is 6.22. The number of rotatable bonds is 9. The number of aryl methyl sites for hydroxylation is 3. The second-order valence-corrected chi connectivity index (χ2v) is 9.92. The Kier molecular flexibility index (Phi) is 6.35. The van der Waals surface area contributed by atoms with Gasteiger partial charge in [-0.25, -0.2) is 4.98 Å². The summed E-state index contributed by atoms with van der Waals surface area (Å²) >= 11 is 6.51. The smallest absolute Gasteiger partial charge is 0.257 e. The zero-order valence-corrected chi connectivity index (χ0v) is 20.8. The van der Waals surface area contributed by atoms with Gasteiger partial charge in [0.15, 0.2) is 0 Å². The number of pyridine rings is 1. The highest BCUT2D eigenvalue weighted by Gasteiger charge is 2.48. The number of carbonyl (C=O) groups is 2. The van der Waals surface area contributed by atoms with Crippen molar-refractivity contribution in [1.29, 1.82) is 0 Å². The molecule has 35 heavy (non-hydrogen) atoms. The Morgan fingerprint density at radius 3 is 2.49 bits per heavy atom. The summed E-state index contributed by atoms with van der Waals surface area (Å²) in [5.41, 5.74) is 4.29. The van der Waals surface area contributed by atoms with Gasteiger partial charge in [-0.3, -0.25) is 14.7 Å². The van der Waals surface area contributed by atoms with Crippen molar-refractivity contribution in [2.75, 3.05) is 5.32 Å². The van der Waals surface area contributed by atoms with E-state index >= 15 is 0 Å². The molecule has 0 unspecified atom stereocenters. The summed E-state index contributed by atoms with van der Waals surface area (Å²) in [5, 5.41) is 17.2. The molecule has 0 aromatic carbocycles. The maximum absolute atomic E-state index is 13.5. The molecule has 9 nitrogen and oxygen atoms in total. The minimum atomic E-state index is -0.680. The third-order valence-corrected chi connectivity index (χ3v) is 7.30. The highest BCUT2D eigenvalue weighted by atomic mass is 35.5. The maximum atomic E-state index is 13.5. The van der Waals surface area contributed by atoms with Crippen LogP contribution in [0.15, 0.2) is 22.9 Å². The van der Waals surface area contributed by atoms with Gasteiger partial charge in [-0.1, -0.05) is 23.7 Å². The Hall–Kier alpha value is -3.20. The molecule has 0 saturated heterocycles. The van der Waals surface area contributed by atoms with Crippen LogP contribution in [0.4, 0.5) is 5.82 Å². The Balaban J connectivity index is 1.38. The zero-order valence-electron chi connectivity index (χ0n) is 20.0. The zero-order chi connectivity index (χ0) is 24.7. The molecule has 3 N–H and O–H groups in total. The summed E-state index contributed by atoms with van der Waals surface area (Å²) in [6, 6.07) is 2.87. The van der Waals surface area contributed by atoms with Crippen molar-refractivity contribution in [2.24, 2.45) is 17.8 Å². The first-order chi connectivity index (χ1) is 16.9. The fourth-order valence-corrected chi connectivity index (χ4v) is 5.24. The average molecular weight is 497 g/mol. The number of aromatic amines is 1. The number of H-pyrrole nitrogens is 1. The third kappa shape index (κ3) is 4.82. The molecule has 2 aliphatic carbocycles. The van der Waals surface area contributed by atoms with E-state index in [1.807, 2.05) is 26.8 Å². The molecule has 184 valence electrons. The van der Waals surface area contributed by atoms with E-state index < -0.39 is 6.04 Å². The summed E-state index contributed by atoms with van der Waals surface area (Å²) in [5.74, 6) is 0.682. The van der Waals surface area contributed by atoms with Gasteiger partial charge >= 0.3 is 0 Å². The molecular weight excluding hydrogens is 468 g/mol. The first-order valence-electron chi connectivity index (χ1n) is 12.1. The molecule has 1 atom stereocenters. The number of halogens is 1. The number of nitrogens with one attached hydrogen (secondary N) is 3. The Morgan fingerprint density at radius 1 is 1.20 bits per heavy atom. The molecule has 0 aliphatic heterocycles. The van der Waals surface area contributed by atoms with Gasteiger partial charge in [0.05, 0.1) is 11.4 Å². The largest absolute Gasteiger partial charge is 0.364 e. The second kappa shape index (κ2) is 9.45. The second-order valence-electron chi connectivity index (χ2n) is 9.56. The Labute approximate surface area is 208 Å². The highest BCUT2D eigenvalue weighted by molar-refractivity contribution is 6.32. The molecule has 0 bridgehead atoms. The van der Waals surface area contributed by atoms with E-state index in [9.17, 15) is 9.59 Å². The molecular formula is C25H29ClN6O3. The van der Waals surface area contributed by atoms with Gasteiger partial charge in [-0.05, 0) is 75.8 Å². The average Bonchev–Trinajstić information content (AvgIpc) is 3.76. The molecule has 3 aromatic heterocycles. The topological polar surface area (TPSA) is 126 Å². The van der Waals surface area contributed by atoms with Crippen LogP contribution in [0.3, 0.4) is 0 Å². The van der Waals surface area contributed by atoms with E-state index in [0.29, 0.717) is 35.3 Å². The van der Waals surface area contributed by atoms with Gasteiger partial charge in [-0.15, -0.1) is 0 Å². The van der Waals surface area contributed by atoms with Crippen molar-refractivity contribution in [2.45, 2.75) is 58.9 Å². The van der Waals surface area contributed by atoms with Gasteiger partial charge in [0.2, 0.25) is 5.91 Å². The molecule has 0 spiro atoms. The van der Waals surface area contributed by atoms with Crippen LogP contribution in [-0.4, -0.2) is 38.2 Å². The van der Waals surface area contributed by atoms with Crippen LogP contribution in [0.2, 0.25) is 5.15 Å². The van der Waals surface area contributed by atoms with E-state index in [2.05, 4.69) is 31.0 Å². The van der Waals surface area contributed by atoms with Crippen LogP contribution < -0.4 is 10.6 Å². The summed E-state index contributed by atoms with van der Waals surface area (Å²) in [6.45, 7) is 5.72. The molecule has 0 radical (unpaired) electrons. The van der Waals surface area contributed by atoms with Crippen molar-refractivity contribution in [3.8, 4) is 11.1 Å². The number of hydrogen-bond donors (Lipinski definition) is 3. The third-order valence-electron chi connectivity index (χ3n) is 7.01. The summed E-state index contributed by atoms with van der Waals surface area (Å²) in [7, 11) is 0. The molecule has 2 saturated carbocycles. The Morgan fingerprint density at radius 2 is 1.91 bits per heavy atom. The lowest BCUT2D eigenvalue weighted by Crippen LogP contribution is -2.50. The van der Waals surface area contributed by atoms with Crippen LogP contribution in [-0.2, 0) is 11.2 Å². The Bertz CT molecular complexity index is 1230. The molecule has 2 aliphatic rings. The van der Waals surface area contributed by atoms with Gasteiger partial charge < -0.3 is 15.2 Å². The molecule has 2 amide bonds. The van der Waals surface area contributed by atoms with Gasteiger partial charge in [0, 0.05) is 16.8 Å². The van der Waals surface area contributed by atoms with Crippen molar-refractivity contribution in [3.05, 3.63) is 46.2 Å². The molecule has 2 fully saturated rings. The molecule has 3 aromatic rings. The van der Waals surface area contributed by atoms with E-state index in [1.165, 1.54) is 6.26 Å². The lowest BCUT2D eigenvalue weighted by atomic mass is 9.88. The molecule has 3 heterocycles. The van der Waals surface area contributed by atoms with Crippen molar-refractivity contribution < 1.29 is 14.1 Å². The number of nitrogens with zero attached hydrogens (tertiary/aromatic N) is 3. The van der Waals surface area contributed by atoms with E-state index in [-0.39, 0.29) is 22.9 Å².